The Bertz CT molecular complexity index is 3090. The zero-order chi connectivity index (χ0) is 32.1. The summed E-state index contributed by atoms with van der Waals surface area (Å²) in [5, 5.41) is 13.7. The van der Waals surface area contributed by atoms with Crippen LogP contribution in [0.25, 0.3) is 104 Å². The second-order valence-electron chi connectivity index (χ2n) is 12.9. The van der Waals surface area contributed by atoms with Gasteiger partial charge in [0.2, 0.25) is 0 Å². The topological polar surface area (TPSA) is 30.7 Å². The molecule has 3 heteroatoms. The van der Waals surface area contributed by atoms with Crippen LogP contribution in [0.4, 0.5) is 0 Å². The summed E-state index contributed by atoms with van der Waals surface area (Å²) in [7, 11) is 0. The molecule has 226 valence electrons. The molecule has 11 aromatic rings. The van der Waals surface area contributed by atoms with E-state index >= 15 is 0 Å². The minimum atomic E-state index is 0.717. The Labute approximate surface area is 281 Å². The zero-order valence-corrected chi connectivity index (χ0v) is 26.4. The molecule has 0 amide bonds. The van der Waals surface area contributed by atoms with Crippen molar-refractivity contribution in [1.82, 2.24) is 14.5 Å². The Morgan fingerprint density at radius 2 is 1.04 bits per heavy atom. The number of hydrogen-bond donors (Lipinski definition) is 0. The highest BCUT2D eigenvalue weighted by Crippen LogP contribution is 2.46. The third-order valence-corrected chi connectivity index (χ3v) is 10.3. The molecule has 0 bridgehead atoms. The smallest absolute Gasteiger partial charge is 0.160 e. The van der Waals surface area contributed by atoms with Crippen LogP contribution in [0, 0.1) is 0 Å². The van der Waals surface area contributed by atoms with E-state index in [9.17, 15) is 0 Å². The first kappa shape index (κ1) is 26.5. The molecule has 3 nitrogen and oxygen atoms in total. The van der Waals surface area contributed by atoms with Gasteiger partial charge in [0.25, 0.3) is 0 Å². The highest BCUT2D eigenvalue weighted by molar-refractivity contribution is 6.39. The van der Waals surface area contributed by atoms with Gasteiger partial charge in [-0.2, -0.15) is 0 Å². The minimum absolute atomic E-state index is 0.717. The second kappa shape index (κ2) is 9.96. The van der Waals surface area contributed by atoms with E-state index in [1.165, 1.54) is 59.5 Å². The van der Waals surface area contributed by atoms with Crippen LogP contribution in [0.1, 0.15) is 0 Å². The molecule has 0 spiro atoms. The van der Waals surface area contributed by atoms with E-state index in [-0.39, 0.29) is 0 Å². The van der Waals surface area contributed by atoms with Crippen molar-refractivity contribution in [1.29, 1.82) is 0 Å². The van der Waals surface area contributed by atoms with Gasteiger partial charge < -0.3 is 4.57 Å². The molecule has 0 radical (unpaired) electrons. The van der Waals surface area contributed by atoms with Crippen molar-refractivity contribution in [3.05, 3.63) is 164 Å². The molecule has 2 heterocycles. The van der Waals surface area contributed by atoms with Crippen LogP contribution >= 0.6 is 0 Å². The van der Waals surface area contributed by atoms with Crippen LogP contribution in [0.3, 0.4) is 0 Å². The van der Waals surface area contributed by atoms with Gasteiger partial charge in [-0.25, -0.2) is 9.97 Å². The number of rotatable bonds is 3. The molecule has 0 aliphatic heterocycles. The lowest BCUT2D eigenvalue weighted by molar-refractivity contribution is 1.17. The maximum Gasteiger partial charge on any atom is 0.160 e. The van der Waals surface area contributed by atoms with Crippen molar-refractivity contribution in [2.24, 2.45) is 0 Å². The first-order valence-corrected chi connectivity index (χ1v) is 16.8. The lowest BCUT2D eigenvalue weighted by atomic mass is 9.91. The van der Waals surface area contributed by atoms with E-state index in [2.05, 4.69) is 162 Å². The lowest BCUT2D eigenvalue weighted by Gasteiger charge is -2.13. The summed E-state index contributed by atoms with van der Waals surface area (Å²) in [6, 6.07) is 58.8. The average molecular weight is 622 g/mol. The van der Waals surface area contributed by atoms with E-state index in [1.807, 2.05) is 6.07 Å². The Morgan fingerprint density at radius 3 is 1.92 bits per heavy atom. The fourth-order valence-electron chi connectivity index (χ4n) is 8.19. The summed E-state index contributed by atoms with van der Waals surface area (Å²) >= 11 is 0. The maximum absolute atomic E-state index is 5.29. The van der Waals surface area contributed by atoms with Crippen LogP contribution in [0.2, 0.25) is 0 Å². The number of hydrogen-bond acceptors (Lipinski definition) is 2. The number of aromatic nitrogens is 3. The highest BCUT2D eigenvalue weighted by atomic mass is 15.0. The molecular formula is C46H27N3. The summed E-state index contributed by atoms with van der Waals surface area (Å²) in [5.74, 6) is 0.717. The molecule has 0 aliphatic carbocycles. The van der Waals surface area contributed by atoms with E-state index < -0.39 is 0 Å². The van der Waals surface area contributed by atoms with Crippen molar-refractivity contribution < 1.29 is 0 Å². The fraction of sp³-hybridized carbons (Fsp3) is 0. The Hall–Kier alpha value is -6.58. The van der Waals surface area contributed by atoms with Gasteiger partial charge in [-0.05, 0) is 62.6 Å². The van der Waals surface area contributed by atoms with E-state index in [4.69, 9.17) is 9.97 Å². The number of benzene rings is 9. The summed E-state index contributed by atoms with van der Waals surface area (Å²) in [5.41, 5.74) is 7.46. The standard InChI is InChI=1S/C46H27N3/c1-2-13-29(14-3-1)44-38-25-24-28-12-4-7-19-34(28)45(38)48-46(47-44)31-16-10-17-32(26-31)49-39-23-11-22-37-35-20-8-9-21-36(35)41-33-18-6-5-15-30(33)27-40(49)43(41)42(37)39/h1-27H. The quantitative estimate of drug-likeness (QED) is 0.184. The van der Waals surface area contributed by atoms with Gasteiger partial charge in [0, 0.05) is 43.7 Å². The molecule has 0 unspecified atom stereocenters. The molecule has 0 atom stereocenters. The van der Waals surface area contributed by atoms with Crippen molar-refractivity contribution >= 4 is 75.8 Å². The van der Waals surface area contributed by atoms with Crippen LogP contribution in [-0.4, -0.2) is 14.5 Å². The highest BCUT2D eigenvalue weighted by Gasteiger charge is 2.22. The van der Waals surface area contributed by atoms with Crippen molar-refractivity contribution in [3.63, 3.8) is 0 Å². The van der Waals surface area contributed by atoms with Gasteiger partial charge in [-0.3, -0.25) is 0 Å². The molecule has 2 aromatic heterocycles. The van der Waals surface area contributed by atoms with E-state index in [0.717, 1.165) is 38.8 Å². The van der Waals surface area contributed by atoms with E-state index in [1.54, 1.807) is 0 Å². The minimum Gasteiger partial charge on any atom is -0.309 e. The third-order valence-electron chi connectivity index (χ3n) is 10.3. The second-order valence-corrected chi connectivity index (χ2v) is 12.9. The van der Waals surface area contributed by atoms with Crippen molar-refractivity contribution in [2.75, 3.05) is 0 Å². The van der Waals surface area contributed by atoms with Crippen LogP contribution in [-0.2, 0) is 0 Å². The van der Waals surface area contributed by atoms with Gasteiger partial charge in [0.05, 0.1) is 22.2 Å². The normalized spacial score (nSPS) is 12.1. The zero-order valence-electron chi connectivity index (χ0n) is 26.4. The molecule has 11 rings (SSSR count). The van der Waals surface area contributed by atoms with Gasteiger partial charge in [0.15, 0.2) is 5.82 Å². The molecule has 0 aliphatic rings. The summed E-state index contributed by atoms with van der Waals surface area (Å²) in [6.45, 7) is 0. The van der Waals surface area contributed by atoms with Crippen LogP contribution < -0.4 is 0 Å². The van der Waals surface area contributed by atoms with Gasteiger partial charge in [-0.1, -0.05) is 133 Å². The first-order chi connectivity index (χ1) is 24.3. The van der Waals surface area contributed by atoms with E-state index in [0.29, 0.717) is 5.82 Å². The molecule has 0 fully saturated rings. The van der Waals surface area contributed by atoms with Crippen molar-refractivity contribution in [2.45, 2.75) is 0 Å². The predicted octanol–water partition coefficient (Wildman–Crippen LogP) is 12.1. The fourth-order valence-corrected chi connectivity index (χ4v) is 8.19. The summed E-state index contributed by atoms with van der Waals surface area (Å²) in [4.78, 5) is 10.6. The predicted molar refractivity (Wildman–Crippen MR) is 206 cm³/mol. The summed E-state index contributed by atoms with van der Waals surface area (Å²) < 4.78 is 2.44. The van der Waals surface area contributed by atoms with Crippen LogP contribution in [0.5, 0.6) is 0 Å². The molecule has 0 saturated carbocycles. The molecule has 0 N–H and O–H groups in total. The molecule has 9 aromatic carbocycles. The first-order valence-electron chi connectivity index (χ1n) is 16.8. The molecule has 0 saturated heterocycles. The van der Waals surface area contributed by atoms with Gasteiger partial charge in [-0.15, -0.1) is 0 Å². The van der Waals surface area contributed by atoms with Gasteiger partial charge >= 0.3 is 0 Å². The lowest BCUT2D eigenvalue weighted by Crippen LogP contribution is -1.98. The molecular weight excluding hydrogens is 595 g/mol. The Kier molecular flexibility index (Phi) is 5.38. The van der Waals surface area contributed by atoms with Gasteiger partial charge in [0.1, 0.15) is 0 Å². The average Bonchev–Trinajstić information content (AvgIpc) is 3.51. The third kappa shape index (κ3) is 3.73. The SMILES string of the molecule is c1ccc(-c2nc(-c3cccc(-n4c5cccc6c7ccccc7c7c8ccccc8cc4c7c65)c3)nc3c2ccc2ccccc23)cc1. The van der Waals surface area contributed by atoms with Crippen molar-refractivity contribution in [3.8, 4) is 28.3 Å². The molecule has 49 heavy (non-hydrogen) atoms. The number of nitrogens with zero attached hydrogens (tertiary/aromatic N) is 3. The summed E-state index contributed by atoms with van der Waals surface area (Å²) in [6.07, 6.45) is 0. The maximum atomic E-state index is 5.29. The Morgan fingerprint density at radius 1 is 0.367 bits per heavy atom. The largest absolute Gasteiger partial charge is 0.309 e. The monoisotopic (exact) mass is 621 g/mol. The van der Waals surface area contributed by atoms with Crippen LogP contribution in [0.15, 0.2) is 164 Å². The number of fused-ring (bicyclic) bond motifs is 8. The Balaban J connectivity index is 1.23.